The summed E-state index contributed by atoms with van der Waals surface area (Å²) < 4.78 is 0. The van der Waals surface area contributed by atoms with Crippen LogP contribution in [0.5, 0.6) is 0 Å². The molecule has 2 fully saturated rings. The molecule has 0 bridgehead atoms. The van der Waals surface area contributed by atoms with E-state index in [2.05, 4.69) is 10.2 Å². The van der Waals surface area contributed by atoms with Crippen molar-refractivity contribution < 1.29 is 9.59 Å². The third-order valence-electron chi connectivity index (χ3n) is 4.90. The smallest absolute Gasteiger partial charge is 0.251 e. The molecule has 0 spiro atoms. The summed E-state index contributed by atoms with van der Waals surface area (Å²) in [5.74, 6) is 0.983. The van der Waals surface area contributed by atoms with E-state index in [0.717, 1.165) is 32.1 Å². The summed E-state index contributed by atoms with van der Waals surface area (Å²) in [4.78, 5) is 28.7. The molecule has 0 atom stereocenters. The molecule has 3 rings (SSSR count). The zero-order valence-corrected chi connectivity index (χ0v) is 15.3. The predicted molar refractivity (Wildman–Crippen MR) is 98.8 cm³/mol. The molecule has 6 heteroatoms. The van der Waals surface area contributed by atoms with Gasteiger partial charge in [0.2, 0.25) is 5.91 Å². The van der Waals surface area contributed by atoms with Crippen molar-refractivity contribution in [1.82, 2.24) is 15.1 Å². The number of carbonyl (C=O) groups excluding carboxylic acids is 2. The summed E-state index contributed by atoms with van der Waals surface area (Å²) in [5, 5.41) is 3.46. The largest absolute Gasteiger partial charge is 0.352 e. The van der Waals surface area contributed by atoms with Gasteiger partial charge in [0.15, 0.2) is 0 Å². The van der Waals surface area contributed by atoms with Gasteiger partial charge in [-0.25, -0.2) is 0 Å². The molecule has 1 N–H and O–H groups in total. The highest BCUT2D eigenvalue weighted by Gasteiger charge is 2.27. The fraction of sp³-hybridized carbons (Fsp3) is 0.579. The summed E-state index contributed by atoms with van der Waals surface area (Å²) in [6, 6.07) is 6.79. The van der Waals surface area contributed by atoms with Crippen LogP contribution >= 0.6 is 11.6 Å². The van der Waals surface area contributed by atoms with E-state index in [1.54, 1.807) is 24.3 Å². The number of hydrogen-bond donors (Lipinski definition) is 1. The standard InChI is InChI=1S/C19H26ClN3O2/c20-17-7-5-16(6-8-17)19(25)21-9-1-2-18(24)23-12-10-22(11-13-23)14-15-3-4-15/h5-8,15H,1-4,9-14H2,(H,21,25). The monoisotopic (exact) mass is 363 g/mol. The molecular formula is C19H26ClN3O2. The van der Waals surface area contributed by atoms with Crippen LogP contribution in [0.25, 0.3) is 0 Å². The van der Waals surface area contributed by atoms with E-state index in [0.29, 0.717) is 30.0 Å². The van der Waals surface area contributed by atoms with Gasteiger partial charge in [0.1, 0.15) is 0 Å². The van der Waals surface area contributed by atoms with Crippen LogP contribution < -0.4 is 5.32 Å². The third-order valence-corrected chi connectivity index (χ3v) is 5.15. The Labute approximate surface area is 154 Å². The Morgan fingerprint density at radius 3 is 2.40 bits per heavy atom. The number of rotatable bonds is 7. The topological polar surface area (TPSA) is 52.7 Å². The number of benzene rings is 1. The predicted octanol–water partition coefficient (Wildman–Crippen LogP) is 2.40. The van der Waals surface area contributed by atoms with E-state index in [-0.39, 0.29) is 11.8 Å². The number of hydrogen-bond acceptors (Lipinski definition) is 3. The second-order valence-electron chi connectivity index (χ2n) is 6.99. The number of carbonyl (C=O) groups is 2. The first kappa shape index (κ1) is 18.2. The Hall–Kier alpha value is -1.59. The first-order chi connectivity index (χ1) is 12.1. The molecule has 1 aliphatic carbocycles. The second kappa shape index (κ2) is 8.68. The zero-order valence-electron chi connectivity index (χ0n) is 14.5. The highest BCUT2D eigenvalue weighted by Crippen LogP contribution is 2.29. The quantitative estimate of drug-likeness (QED) is 0.757. The Balaban J connectivity index is 1.30. The van der Waals surface area contributed by atoms with Gasteiger partial charge in [-0.15, -0.1) is 0 Å². The lowest BCUT2D eigenvalue weighted by Gasteiger charge is -2.34. The molecule has 1 saturated carbocycles. The maximum Gasteiger partial charge on any atom is 0.251 e. The Bertz CT molecular complexity index is 593. The molecule has 2 aliphatic rings. The lowest BCUT2D eigenvalue weighted by atomic mass is 10.2. The summed E-state index contributed by atoms with van der Waals surface area (Å²) in [6.07, 6.45) is 3.91. The van der Waals surface area contributed by atoms with Gasteiger partial charge in [-0.05, 0) is 49.4 Å². The second-order valence-corrected chi connectivity index (χ2v) is 7.43. The van der Waals surface area contributed by atoms with Crippen molar-refractivity contribution in [2.24, 2.45) is 5.92 Å². The van der Waals surface area contributed by atoms with E-state index in [9.17, 15) is 9.59 Å². The van der Waals surface area contributed by atoms with Crippen molar-refractivity contribution in [1.29, 1.82) is 0 Å². The highest BCUT2D eigenvalue weighted by molar-refractivity contribution is 6.30. The molecule has 1 aromatic carbocycles. The molecule has 1 heterocycles. The highest BCUT2D eigenvalue weighted by atomic mass is 35.5. The van der Waals surface area contributed by atoms with Gasteiger partial charge in [-0.2, -0.15) is 0 Å². The molecule has 1 aliphatic heterocycles. The van der Waals surface area contributed by atoms with Crippen molar-refractivity contribution in [3.05, 3.63) is 34.9 Å². The molecule has 136 valence electrons. The van der Waals surface area contributed by atoms with Crippen molar-refractivity contribution >= 4 is 23.4 Å². The van der Waals surface area contributed by atoms with Crippen LogP contribution in [0.2, 0.25) is 5.02 Å². The Kier molecular flexibility index (Phi) is 6.32. The maximum absolute atomic E-state index is 12.3. The maximum atomic E-state index is 12.3. The molecule has 2 amide bonds. The zero-order chi connectivity index (χ0) is 17.6. The van der Waals surface area contributed by atoms with E-state index in [1.165, 1.54) is 19.4 Å². The average Bonchev–Trinajstić information content (AvgIpc) is 3.43. The molecular weight excluding hydrogens is 338 g/mol. The molecule has 1 aromatic rings. The molecule has 1 saturated heterocycles. The molecule has 25 heavy (non-hydrogen) atoms. The lowest BCUT2D eigenvalue weighted by Crippen LogP contribution is -2.49. The van der Waals surface area contributed by atoms with Gasteiger partial charge in [0.05, 0.1) is 0 Å². The van der Waals surface area contributed by atoms with Crippen LogP contribution in [0.4, 0.5) is 0 Å². The summed E-state index contributed by atoms with van der Waals surface area (Å²) >= 11 is 5.81. The van der Waals surface area contributed by atoms with Crippen LogP contribution in [0.3, 0.4) is 0 Å². The average molecular weight is 364 g/mol. The summed E-state index contributed by atoms with van der Waals surface area (Å²) in [5.41, 5.74) is 0.586. The molecule has 0 radical (unpaired) electrons. The fourth-order valence-electron chi connectivity index (χ4n) is 3.15. The summed E-state index contributed by atoms with van der Waals surface area (Å²) in [7, 11) is 0. The third kappa shape index (κ3) is 5.72. The van der Waals surface area contributed by atoms with Gasteiger partial charge in [-0.1, -0.05) is 11.6 Å². The van der Waals surface area contributed by atoms with E-state index in [1.807, 2.05) is 4.90 Å². The van der Waals surface area contributed by atoms with E-state index in [4.69, 9.17) is 11.6 Å². The van der Waals surface area contributed by atoms with Crippen molar-refractivity contribution in [2.45, 2.75) is 25.7 Å². The van der Waals surface area contributed by atoms with Gasteiger partial charge >= 0.3 is 0 Å². The number of amides is 2. The van der Waals surface area contributed by atoms with Crippen LogP contribution in [-0.2, 0) is 4.79 Å². The fourth-order valence-corrected chi connectivity index (χ4v) is 3.27. The van der Waals surface area contributed by atoms with Crippen molar-refractivity contribution in [3.8, 4) is 0 Å². The molecule has 0 unspecified atom stereocenters. The van der Waals surface area contributed by atoms with E-state index < -0.39 is 0 Å². The molecule has 5 nitrogen and oxygen atoms in total. The number of nitrogens with one attached hydrogen (secondary N) is 1. The Morgan fingerprint density at radius 1 is 1.08 bits per heavy atom. The number of piperazine rings is 1. The van der Waals surface area contributed by atoms with Crippen LogP contribution in [0, 0.1) is 5.92 Å². The van der Waals surface area contributed by atoms with Crippen LogP contribution in [0.15, 0.2) is 24.3 Å². The lowest BCUT2D eigenvalue weighted by molar-refractivity contribution is -0.133. The van der Waals surface area contributed by atoms with Gasteiger partial charge in [0, 0.05) is 56.3 Å². The first-order valence-electron chi connectivity index (χ1n) is 9.16. The Morgan fingerprint density at radius 2 is 1.76 bits per heavy atom. The number of nitrogens with zero attached hydrogens (tertiary/aromatic N) is 2. The van der Waals surface area contributed by atoms with Gasteiger partial charge in [-0.3, -0.25) is 14.5 Å². The first-order valence-corrected chi connectivity index (χ1v) is 9.53. The summed E-state index contributed by atoms with van der Waals surface area (Å²) in [6.45, 7) is 5.38. The normalized spacial score (nSPS) is 18.2. The van der Waals surface area contributed by atoms with Crippen molar-refractivity contribution in [2.75, 3.05) is 39.3 Å². The SMILES string of the molecule is O=C(NCCCC(=O)N1CCN(CC2CC2)CC1)c1ccc(Cl)cc1. The van der Waals surface area contributed by atoms with E-state index >= 15 is 0 Å². The van der Waals surface area contributed by atoms with Gasteiger partial charge in [0.25, 0.3) is 5.91 Å². The molecule has 0 aromatic heterocycles. The van der Waals surface area contributed by atoms with Crippen molar-refractivity contribution in [3.63, 3.8) is 0 Å². The number of halogens is 1. The minimum Gasteiger partial charge on any atom is -0.352 e. The van der Waals surface area contributed by atoms with Gasteiger partial charge < -0.3 is 10.2 Å². The minimum atomic E-state index is -0.127. The van der Waals surface area contributed by atoms with Crippen LogP contribution in [-0.4, -0.2) is 60.9 Å². The van der Waals surface area contributed by atoms with Crippen LogP contribution in [0.1, 0.15) is 36.0 Å². The minimum absolute atomic E-state index is 0.127.